The lowest BCUT2D eigenvalue weighted by Crippen LogP contribution is -3.10. The molecule has 134 valence electrons. The highest BCUT2D eigenvalue weighted by molar-refractivity contribution is 6.30. The van der Waals surface area contributed by atoms with Gasteiger partial charge < -0.3 is 15.0 Å². The Balaban J connectivity index is 1.85. The molecule has 0 aliphatic heterocycles. The lowest BCUT2D eigenvalue weighted by Gasteiger charge is -2.18. The van der Waals surface area contributed by atoms with Gasteiger partial charge in [-0.25, -0.2) is 0 Å². The van der Waals surface area contributed by atoms with E-state index >= 15 is 0 Å². The molecule has 5 heteroatoms. The molecule has 0 heterocycles. The van der Waals surface area contributed by atoms with E-state index in [2.05, 4.69) is 31.3 Å². The Hall–Kier alpha value is -2.04. The first kappa shape index (κ1) is 19.3. The number of hydrogen-bond donors (Lipinski definition) is 2. The average Bonchev–Trinajstić information content (AvgIpc) is 2.64. The van der Waals surface area contributed by atoms with E-state index in [4.69, 9.17) is 16.3 Å². The van der Waals surface area contributed by atoms with Gasteiger partial charge in [-0.15, -0.1) is 0 Å². The van der Waals surface area contributed by atoms with E-state index < -0.39 is 0 Å². The molecule has 0 aliphatic carbocycles. The molecule has 0 bridgehead atoms. The number of ether oxygens (including phenoxy) is 1. The largest absolute Gasteiger partial charge is 0.484 e. The van der Waals surface area contributed by atoms with Crippen LogP contribution in [-0.2, 0) is 17.9 Å². The smallest absolute Gasteiger partial charge is 0.258 e. The van der Waals surface area contributed by atoms with Crippen LogP contribution in [0.15, 0.2) is 48.5 Å². The summed E-state index contributed by atoms with van der Waals surface area (Å²) in [5.74, 6) is 0.491. The van der Waals surface area contributed by atoms with Crippen LogP contribution in [0.3, 0.4) is 0 Å². The van der Waals surface area contributed by atoms with Crippen LogP contribution >= 0.6 is 11.6 Å². The highest BCUT2D eigenvalue weighted by Gasteiger charge is 2.10. The third-order valence-corrected chi connectivity index (χ3v) is 4.47. The molecule has 0 radical (unpaired) electrons. The van der Waals surface area contributed by atoms with Crippen molar-refractivity contribution in [3.8, 4) is 5.75 Å². The highest BCUT2D eigenvalue weighted by atomic mass is 35.5. The summed E-state index contributed by atoms with van der Waals surface area (Å²) in [5.41, 5.74) is 2.43. The summed E-state index contributed by atoms with van der Waals surface area (Å²) in [5, 5.41) is 3.57. The number of amides is 1. The molecule has 0 aliphatic rings. The van der Waals surface area contributed by atoms with Crippen molar-refractivity contribution in [2.45, 2.75) is 26.9 Å². The van der Waals surface area contributed by atoms with E-state index in [9.17, 15) is 4.79 Å². The second kappa shape index (κ2) is 10.1. The predicted octanol–water partition coefficient (Wildman–Crippen LogP) is 2.46. The Labute approximate surface area is 154 Å². The van der Waals surface area contributed by atoms with Crippen LogP contribution < -0.4 is 15.0 Å². The fourth-order valence-corrected chi connectivity index (χ4v) is 2.72. The monoisotopic (exact) mass is 361 g/mol. The van der Waals surface area contributed by atoms with Crippen LogP contribution in [0, 0.1) is 0 Å². The zero-order valence-electron chi connectivity index (χ0n) is 14.8. The van der Waals surface area contributed by atoms with Gasteiger partial charge in [-0.2, -0.15) is 0 Å². The van der Waals surface area contributed by atoms with Crippen molar-refractivity contribution >= 4 is 17.5 Å². The second-order valence-electron chi connectivity index (χ2n) is 5.92. The van der Waals surface area contributed by atoms with Crippen LogP contribution in [0.1, 0.15) is 25.0 Å². The summed E-state index contributed by atoms with van der Waals surface area (Å²) < 4.78 is 5.47. The second-order valence-corrected chi connectivity index (χ2v) is 6.36. The van der Waals surface area contributed by atoms with Gasteiger partial charge in [0.2, 0.25) is 0 Å². The molecule has 2 N–H and O–H groups in total. The van der Waals surface area contributed by atoms with Crippen molar-refractivity contribution in [1.29, 1.82) is 0 Å². The van der Waals surface area contributed by atoms with Crippen LogP contribution in [0.25, 0.3) is 0 Å². The summed E-state index contributed by atoms with van der Waals surface area (Å²) >= 11 is 5.83. The molecule has 0 saturated carbocycles. The van der Waals surface area contributed by atoms with Crippen LogP contribution in [0.5, 0.6) is 5.75 Å². The van der Waals surface area contributed by atoms with Gasteiger partial charge in [0.05, 0.1) is 13.1 Å². The quantitative estimate of drug-likeness (QED) is 0.720. The molecule has 2 aromatic carbocycles. The number of carbonyl (C=O) groups is 1. The van der Waals surface area contributed by atoms with Gasteiger partial charge in [-0.05, 0) is 43.7 Å². The number of quaternary nitrogens is 1. The first-order valence-corrected chi connectivity index (χ1v) is 9.05. The van der Waals surface area contributed by atoms with Crippen molar-refractivity contribution in [2.24, 2.45) is 0 Å². The van der Waals surface area contributed by atoms with Gasteiger partial charge in [0, 0.05) is 17.1 Å². The van der Waals surface area contributed by atoms with Crippen molar-refractivity contribution in [3.63, 3.8) is 0 Å². The molecule has 0 unspecified atom stereocenters. The number of halogens is 1. The molecule has 1 amide bonds. The lowest BCUT2D eigenvalue weighted by atomic mass is 10.1. The molecule has 2 rings (SSSR count). The normalized spacial score (nSPS) is 10.7. The minimum Gasteiger partial charge on any atom is -0.484 e. The number of carbonyl (C=O) groups excluding carboxylic acids is 1. The van der Waals surface area contributed by atoms with Crippen molar-refractivity contribution in [1.82, 2.24) is 5.32 Å². The standard InChI is InChI=1S/C20H25ClN2O2/c1-3-23(4-2)14-17-8-6-5-7-16(17)13-22-20(24)15-25-19-11-9-18(21)10-12-19/h5-12H,3-4,13-15H2,1-2H3,(H,22,24)/p+1. The summed E-state index contributed by atoms with van der Waals surface area (Å²) in [6.07, 6.45) is 0. The van der Waals surface area contributed by atoms with Crippen molar-refractivity contribution in [3.05, 3.63) is 64.7 Å². The van der Waals surface area contributed by atoms with E-state index in [1.807, 2.05) is 12.1 Å². The first-order valence-electron chi connectivity index (χ1n) is 8.67. The van der Waals surface area contributed by atoms with Crippen LogP contribution in [0.4, 0.5) is 0 Å². The molecular weight excluding hydrogens is 336 g/mol. The first-order chi connectivity index (χ1) is 12.1. The Morgan fingerprint density at radius 3 is 2.32 bits per heavy atom. The van der Waals surface area contributed by atoms with Gasteiger partial charge >= 0.3 is 0 Å². The van der Waals surface area contributed by atoms with Gasteiger partial charge in [0.25, 0.3) is 5.91 Å². The maximum absolute atomic E-state index is 12.0. The van der Waals surface area contributed by atoms with Gasteiger partial charge in [0.1, 0.15) is 12.3 Å². The minimum atomic E-state index is -0.139. The zero-order chi connectivity index (χ0) is 18.1. The molecule has 0 saturated heterocycles. The predicted molar refractivity (Wildman–Crippen MR) is 101 cm³/mol. The van der Waals surface area contributed by atoms with Gasteiger partial charge in [-0.3, -0.25) is 4.79 Å². The third kappa shape index (κ3) is 6.40. The minimum absolute atomic E-state index is 0.00884. The third-order valence-electron chi connectivity index (χ3n) is 4.22. The van der Waals surface area contributed by atoms with E-state index in [0.717, 1.165) is 25.2 Å². The fraction of sp³-hybridized carbons (Fsp3) is 0.350. The molecule has 0 aromatic heterocycles. The average molecular weight is 362 g/mol. The Morgan fingerprint density at radius 1 is 1.04 bits per heavy atom. The summed E-state index contributed by atoms with van der Waals surface area (Å²) in [7, 11) is 0. The zero-order valence-corrected chi connectivity index (χ0v) is 15.6. The van der Waals surface area contributed by atoms with Gasteiger partial charge in [0.15, 0.2) is 6.61 Å². The molecule has 4 nitrogen and oxygen atoms in total. The molecule has 0 atom stereocenters. The summed E-state index contributed by atoms with van der Waals surface area (Å²) in [4.78, 5) is 13.6. The Bertz CT molecular complexity index is 670. The number of hydrogen-bond acceptors (Lipinski definition) is 2. The van der Waals surface area contributed by atoms with E-state index in [0.29, 0.717) is 17.3 Å². The van der Waals surface area contributed by atoms with Crippen LogP contribution in [0.2, 0.25) is 5.02 Å². The maximum Gasteiger partial charge on any atom is 0.258 e. The van der Waals surface area contributed by atoms with E-state index in [1.165, 1.54) is 10.5 Å². The Kier molecular flexibility index (Phi) is 7.76. The fourth-order valence-electron chi connectivity index (χ4n) is 2.60. The number of rotatable bonds is 9. The summed E-state index contributed by atoms with van der Waals surface area (Å²) in [6, 6.07) is 15.2. The maximum atomic E-state index is 12.0. The van der Waals surface area contributed by atoms with Crippen molar-refractivity contribution in [2.75, 3.05) is 19.7 Å². The van der Waals surface area contributed by atoms with Gasteiger partial charge in [-0.1, -0.05) is 35.9 Å². The molecule has 2 aromatic rings. The number of nitrogens with one attached hydrogen (secondary N) is 2. The molecular formula is C20H26ClN2O2+. The van der Waals surface area contributed by atoms with E-state index in [-0.39, 0.29) is 12.5 Å². The van der Waals surface area contributed by atoms with Crippen LogP contribution in [-0.4, -0.2) is 25.6 Å². The van der Waals surface area contributed by atoms with E-state index in [1.54, 1.807) is 24.3 Å². The molecule has 25 heavy (non-hydrogen) atoms. The SMILES string of the molecule is CC[NH+](CC)Cc1ccccc1CNC(=O)COc1ccc(Cl)cc1. The topological polar surface area (TPSA) is 42.8 Å². The summed E-state index contributed by atoms with van der Waals surface area (Å²) in [6.45, 7) is 8.04. The highest BCUT2D eigenvalue weighted by Crippen LogP contribution is 2.15. The van der Waals surface area contributed by atoms with Crippen molar-refractivity contribution < 1.29 is 14.4 Å². The lowest BCUT2D eigenvalue weighted by molar-refractivity contribution is -0.910. The Morgan fingerprint density at radius 2 is 1.68 bits per heavy atom. The molecule has 0 spiro atoms. The molecule has 0 fully saturated rings. The number of benzene rings is 2.